The molecule has 0 saturated carbocycles. The average molecular weight is 445 g/mol. The van der Waals surface area contributed by atoms with E-state index in [-0.39, 0.29) is 5.41 Å². The van der Waals surface area contributed by atoms with Crippen LogP contribution in [0.5, 0.6) is 0 Å². The van der Waals surface area contributed by atoms with E-state index < -0.39 is 0 Å². The van der Waals surface area contributed by atoms with Gasteiger partial charge in [0, 0.05) is 20.5 Å². The molecule has 0 amide bonds. The second-order valence-corrected chi connectivity index (χ2v) is 12.0. The van der Waals surface area contributed by atoms with E-state index in [2.05, 4.69) is 69.5 Å². The molecule has 0 spiro atoms. The van der Waals surface area contributed by atoms with Crippen LogP contribution in [-0.2, 0) is 5.41 Å². The van der Waals surface area contributed by atoms with Crippen LogP contribution in [0.4, 0.5) is 0 Å². The number of thiophene rings is 3. The van der Waals surface area contributed by atoms with E-state index in [1.165, 1.54) is 51.0 Å². The van der Waals surface area contributed by atoms with Crippen molar-refractivity contribution in [2.24, 2.45) is 0 Å². The maximum Gasteiger partial charge on any atom is 0.116 e. The van der Waals surface area contributed by atoms with Crippen LogP contribution < -0.4 is 0 Å². The standard InChI is InChI=1S/C25H20N2S3/c1-13-9-14-5-6-17-20-24(30-23(17)22(14)29-13)19(26-12-27-20)16-10-15-7-8-28-21(15)18(11-16)25(2,3)4/h5-12H,1-4H3. The molecule has 6 rings (SSSR count). The highest BCUT2D eigenvalue weighted by molar-refractivity contribution is 7.31. The Hall–Kier alpha value is -2.34. The summed E-state index contributed by atoms with van der Waals surface area (Å²) in [5.41, 5.74) is 4.75. The van der Waals surface area contributed by atoms with Gasteiger partial charge in [0.25, 0.3) is 0 Å². The Balaban J connectivity index is 1.70. The minimum Gasteiger partial charge on any atom is -0.235 e. The molecule has 0 aliphatic rings. The SMILES string of the molecule is Cc1cc2ccc3c4ncnc(-c5cc(C(C)(C)C)c6sccc6c5)c4sc3c2s1. The van der Waals surface area contributed by atoms with Crippen molar-refractivity contribution < 1.29 is 0 Å². The molecule has 2 nitrogen and oxygen atoms in total. The maximum atomic E-state index is 4.78. The van der Waals surface area contributed by atoms with Gasteiger partial charge in [-0.25, -0.2) is 9.97 Å². The van der Waals surface area contributed by atoms with Gasteiger partial charge in [-0.05, 0) is 58.3 Å². The molecular formula is C25H20N2S3. The summed E-state index contributed by atoms with van der Waals surface area (Å²) in [6.07, 6.45) is 1.72. The fourth-order valence-electron chi connectivity index (χ4n) is 4.24. The number of rotatable bonds is 1. The second-order valence-electron chi connectivity index (χ2n) is 8.83. The van der Waals surface area contributed by atoms with Gasteiger partial charge in [-0.3, -0.25) is 0 Å². The second kappa shape index (κ2) is 6.33. The van der Waals surface area contributed by atoms with Crippen molar-refractivity contribution in [3.05, 3.63) is 58.5 Å². The molecule has 148 valence electrons. The Morgan fingerprint density at radius 2 is 1.63 bits per heavy atom. The maximum absolute atomic E-state index is 4.78. The predicted octanol–water partition coefficient (Wildman–Crippen LogP) is 8.55. The zero-order valence-corrected chi connectivity index (χ0v) is 19.7. The first-order valence-electron chi connectivity index (χ1n) is 9.98. The first-order chi connectivity index (χ1) is 14.4. The van der Waals surface area contributed by atoms with Gasteiger partial charge in [0.15, 0.2) is 0 Å². The number of fused-ring (bicyclic) bond motifs is 6. The van der Waals surface area contributed by atoms with Crippen LogP contribution in [0.1, 0.15) is 31.2 Å². The summed E-state index contributed by atoms with van der Waals surface area (Å²) in [6, 6.07) is 13.6. The normalized spacial score (nSPS) is 12.7. The summed E-state index contributed by atoms with van der Waals surface area (Å²) in [7, 11) is 0. The predicted molar refractivity (Wildman–Crippen MR) is 135 cm³/mol. The van der Waals surface area contributed by atoms with E-state index in [0.29, 0.717) is 0 Å². The third kappa shape index (κ3) is 2.66. The number of hydrogen-bond acceptors (Lipinski definition) is 5. The molecule has 5 heteroatoms. The van der Waals surface area contributed by atoms with E-state index in [1.807, 2.05) is 34.0 Å². The van der Waals surface area contributed by atoms with Crippen LogP contribution >= 0.6 is 34.0 Å². The number of nitrogens with zero attached hydrogens (tertiary/aromatic N) is 2. The highest BCUT2D eigenvalue weighted by Gasteiger charge is 2.21. The lowest BCUT2D eigenvalue weighted by Gasteiger charge is -2.21. The van der Waals surface area contributed by atoms with Gasteiger partial charge in [0.2, 0.25) is 0 Å². The van der Waals surface area contributed by atoms with Gasteiger partial charge in [0.1, 0.15) is 6.33 Å². The molecule has 0 radical (unpaired) electrons. The largest absolute Gasteiger partial charge is 0.235 e. The molecule has 0 saturated heterocycles. The molecule has 0 bridgehead atoms. The quantitative estimate of drug-likeness (QED) is 0.254. The van der Waals surface area contributed by atoms with Crippen LogP contribution in [0.3, 0.4) is 0 Å². The van der Waals surface area contributed by atoms with E-state index in [1.54, 1.807) is 6.33 Å². The third-order valence-electron chi connectivity index (χ3n) is 5.66. The molecule has 30 heavy (non-hydrogen) atoms. The lowest BCUT2D eigenvalue weighted by molar-refractivity contribution is 0.597. The molecule has 0 fully saturated rings. The summed E-state index contributed by atoms with van der Waals surface area (Å²) in [5, 5.41) is 6.04. The van der Waals surface area contributed by atoms with Gasteiger partial charge in [-0.2, -0.15) is 0 Å². The molecule has 2 aromatic carbocycles. The molecule has 4 heterocycles. The van der Waals surface area contributed by atoms with Gasteiger partial charge >= 0.3 is 0 Å². The Morgan fingerprint density at radius 3 is 2.47 bits per heavy atom. The van der Waals surface area contributed by atoms with Crippen LogP contribution in [0.25, 0.3) is 51.7 Å². The first-order valence-corrected chi connectivity index (χ1v) is 12.5. The van der Waals surface area contributed by atoms with E-state index in [4.69, 9.17) is 9.97 Å². The number of aromatic nitrogens is 2. The molecule has 0 aliphatic carbocycles. The van der Waals surface area contributed by atoms with Crippen molar-refractivity contribution in [1.82, 2.24) is 9.97 Å². The first kappa shape index (κ1) is 18.4. The Bertz CT molecular complexity index is 1590. The fourth-order valence-corrected chi connectivity index (χ4v) is 7.77. The third-order valence-corrected chi connectivity index (χ3v) is 9.06. The van der Waals surface area contributed by atoms with Crippen LogP contribution in [-0.4, -0.2) is 9.97 Å². The van der Waals surface area contributed by atoms with Crippen LogP contribution in [0, 0.1) is 6.92 Å². The molecule has 6 aromatic rings. The van der Waals surface area contributed by atoms with Crippen molar-refractivity contribution in [2.75, 3.05) is 0 Å². The molecular weight excluding hydrogens is 424 g/mol. The number of benzene rings is 2. The molecule has 4 aromatic heterocycles. The van der Waals surface area contributed by atoms with Gasteiger partial charge in [0.05, 0.1) is 25.3 Å². The smallest absolute Gasteiger partial charge is 0.116 e. The van der Waals surface area contributed by atoms with Gasteiger partial charge in [-0.15, -0.1) is 34.0 Å². The topological polar surface area (TPSA) is 25.8 Å². The zero-order chi connectivity index (χ0) is 20.6. The van der Waals surface area contributed by atoms with E-state index >= 15 is 0 Å². The van der Waals surface area contributed by atoms with Crippen LogP contribution in [0.15, 0.2) is 48.1 Å². The molecule has 0 N–H and O–H groups in total. The highest BCUT2D eigenvalue weighted by atomic mass is 32.1. The van der Waals surface area contributed by atoms with Gasteiger partial charge in [-0.1, -0.05) is 32.9 Å². The van der Waals surface area contributed by atoms with Crippen molar-refractivity contribution >= 4 is 74.5 Å². The molecule has 0 aliphatic heterocycles. The summed E-state index contributed by atoms with van der Waals surface area (Å²) in [6.45, 7) is 9.04. The van der Waals surface area contributed by atoms with Crippen LogP contribution in [0.2, 0.25) is 0 Å². The highest BCUT2D eigenvalue weighted by Crippen LogP contribution is 2.44. The van der Waals surface area contributed by atoms with Crippen molar-refractivity contribution in [3.8, 4) is 11.3 Å². The van der Waals surface area contributed by atoms with Crippen molar-refractivity contribution in [1.29, 1.82) is 0 Å². The lowest BCUT2D eigenvalue weighted by Crippen LogP contribution is -2.11. The Morgan fingerprint density at radius 1 is 0.800 bits per heavy atom. The minimum atomic E-state index is 0.0755. The van der Waals surface area contributed by atoms with Crippen molar-refractivity contribution in [2.45, 2.75) is 33.1 Å². The monoisotopic (exact) mass is 444 g/mol. The number of hydrogen-bond donors (Lipinski definition) is 0. The minimum absolute atomic E-state index is 0.0755. The zero-order valence-electron chi connectivity index (χ0n) is 17.2. The summed E-state index contributed by atoms with van der Waals surface area (Å²) in [4.78, 5) is 10.8. The van der Waals surface area contributed by atoms with Gasteiger partial charge < -0.3 is 0 Å². The summed E-state index contributed by atoms with van der Waals surface area (Å²) in [5.74, 6) is 0. The fraction of sp³-hybridized carbons (Fsp3) is 0.200. The van der Waals surface area contributed by atoms with Crippen molar-refractivity contribution in [3.63, 3.8) is 0 Å². The Labute approximate surface area is 186 Å². The molecule has 0 unspecified atom stereocenters. The molecule has 0 atom stereocenters. The van der Waals surface area contributed by atoms with E-state index in [0.717, 1.165) is 11.2 Å². The lowest BCUT2D eigenvalue weighted by atomic mass is 9.85. The summed E-state index contributed by atoms with van der Waals surface area (Å²) >= 11 is 5.53. The summed E-state index contributed by atoms with van der Waals surface area (Å²) < 4.78 is 5.25. The number of aryl methyl sites for hydroxylation is 1. The van der Waals surface area contributed by atoms with E-state index in [9.17, 15) is 0 Å². The average Bonchev–Trinajstić information content (AvgIpc) is 3.40. The Kier molecular flexibility index (Phi) is 3.89.